The van der Waals surface area contributed by atoms with Crippen molar-refractivity contribution in [2.24, 2.45) is 0 Å². The summed E-state index contributed by atoms with van der Waals surface area (Å²) >= 11 is 0. The van der Waals surface area contributed by atoms with Gasteiger partial charge in [-0.3, -0.25) is 0 Å². The number of ether oxygens (including phenoxy) is 1. The lowest BCUT2D eigenvalue weighted by Gasteiger charge is -2.23. The number of fused-ring (bicyclic) bond motifs is 1. The first kappa shape index (κ1) is 16.9. The molecule has 0 unspecified atom stereocenters. The molecule has 6 rings (SSSR count). The van der Waals surface area contributed by atoms with Crippen LogP contribution in [0.4, 0.5) is 5.69 Å². The van der Waals surface area contributed by atoms with Crippen molar-refractivity contribution < 1.29 is 14.0 Å². The molecule has 0 atom stereocenters. The van der Waals surface area contributed by atoms with Gasteiger partial charge in [0, 0.05) is 10.9 Å². The van der Waals surface area contributed by atoms with Gasteiger partial charge in [-0.2, -0.15) is 10.2 Å². The number of rotatable bonds is 3. The summed E-state index contributed by atoms with van der Waals surface area (Å²) < 4.78 is 18.3. The number of nitrogens with two attached hydrogens (primary N) is 1. The molecule has 0 radical (unpaired) electrons. The highest BCUT2D eigenvalue weighted by Crippen LogP contribution is 2.54. The molecule has 29 heavy (non-hydrogen) atoms. The van der Waals surface area contributed by atoms with Gasteiger partial charge in [0.1, 0.15) is 17.1 Å². The van der Waals surface area contributed by atoms with Crippen molar-refractivity contribution >= 4 is 29.2 Å². The molecule has 1 fully saturated rings. The van der Waals surface area contributed by atoms with Gasteiger partial charge in [0.05, 0.1) is 24.5 Å². The number of methoxy groups -OCH3 is 1. The van der Waals surface area contributed by atoms with Crippen molar-refractivity contribution in [3.63, 3.8) is 0 Å². The Kier molecular flexibility index (Phi) is 3.47. The van der Waals surface area contributed by atoms with Crippen molar-refractivity contribution in [1.82, 2.24) is 10.2 Å². The zero-order valence-corrected chi connectivity index (χ0v) is 16.1. The normalized spacial score (nSPS) is 19.0. The van der Waals surface area contributed by atoms with Crippen LogP contribution in [-0.4, -0.2) is 30.0 Å². The fourth-order valence-corrected chi connectivity index (χ4v) is 4.91. The van der Waals surface area contributed by atoms with Crippen molar-refractivity contribution in [2.75, 3.05) is 12.8 Å². The molecular formula is C22H20BN3O3. The first-order valence-corrected chi connectivity index (χ1v) is 9.93. The Morgan fingerprint density at radius 2 is 2.00 bits per heavy atom. The molecule has 7 heteroatoms. The molecular weight excluding hydrogens is 365 g/mol. The van der Waals surface area contributed by atoms with E-state index < -0.39 is 0 Å². The second-order valence-corrected chi connectivity index (χ2v) is 7.99. The minimum atomic E-state index is -0.374. The summed E-state index contributed by atoms with van der Waals surface area (Å²) in [7, 11) is 1.30. The molecule has 1 aliphatic heterocycles. The van der Waals surface area contributed by atoms with Gasteiger partial charge in [-0.15, -0.1) is 0 Å². The van der Waals surface area contributed by atoms with Crippen LogP contribution in [0.15, 0.2) is 53.9 Å². The molecule has 2 heterocycles. The van der Waals surface area contributed by atoms with Gasteiger partial charge in [0.15, 0.2) is 0 Å². The van der Waals surface area contributed by atoms with E-state index in [-0.39, 0.29) is 12.7 Å². The number of aromatic nitrogens is 2. The maximum absolute atomic E-state index is 6.44. The molecule has 2 aromatic carbocycles. The topological polar surface area (TPSA) is 79.5 Å². The molecule has 2 aliphatic carbocycles. The van der Waals surface area contributed by atoms with Crippen molar-refractivity contribution in [3.05, 3.63) is 53.9 Å². The van der Waals surface area contributed by atoms with Gasteiger partial charge >= 0.3 is 7.12 Å². The predicted octanol–water partition coefficient (Wildman–Crippen LogP) is 3.21. The smallest absolute Gasteiger partial charge is 0.533 e. The fraction of sp³-hybridized carbons (Fsp3) is 0.273. The van der Waals surface area contributed by atoms with Crippen LogP contribution in [-0.2, 0) is 9.31 Å². The summed E-state index contributed by atoms with van der Waals surface area (Å²) in [5.41, 5.74) is 11.6. The second kappa shape index (κ2) is 5.97. The molecule has 3 aromatic rings. The zero-order chi connectivity index (χ0) is 19.6. The van der Waals surface area contributed by atoms with Gasteiger partial charge in [0.2, 0.25) is 0 Å². The summed E-state index contributed by atoms with van der Waals surface area (Å²) in [5, 5.41) is 9.08. The summed E-state index contributed by atoms with van der Waals surface area (Å²) in [6.07, 6.45) is 5.87. The van der Waals surface area contributed by atoms with Crippen molar-refractivity contribution in [1.29, 1.82) is 0 Å². The number of benzene rings is 2. The van der Waals surface area contributed by atoms with Crippen LogP contribution in [0, 0.1) is 0 Å². The monoisotopic (exact) mass is 385 g/mol. The second-order valence-electron chi connectivity index (χ2n) is 7.99. The Labute approximate surface area is 168 Å². The van der Waals surface area contributed by atoms with E-state index in [1.54, 1.807) is 13.3 Å². The molecule has 1 aromatic heterocycles. The zero-order valence-electron chi connectivity index (χ0n) is 16.1. The molecule has 6 nitrogen and oxygen atoms in total. The summed E-state index contributed by atoms with van der Waals surface area (Å²) in [4.78, 5) is 0. The molecule has 1 saturated heterocycles. The minimum Gasteiger partial charge on any atom is -0.533 e. The number of anilines is 1. The van der Waals surface area contributed by atoms with Gasteiger partial charge < -0.3 is 19.8 Å². The van der Waals surface area contributed by atoms with E-state index in [0.717, 1.165) is 64.7 Å². The van der Waals surface area contributed by atoms with Crippen LogP contribution < -0.4 is 15.9 Å². The lowest BCUT2D eigenvalue weighted by Crippen LogP contribution is -2.37. The standard InChI is InChI=1S/C22H20BN3O3/c1-27-20-5-3-15(23-28-21-13-6-8-22(21,29-23)9-7-13)11-17(20)14-2-4-16-18(24)12-25-26-19(16)10-14/h2-5,10-12H,6-9H2,1H3,(H2,24,26). The van der Waals surface area contributed by atoms with E-state index >= 15 is 0 Å². The van der Waals surface area contributed by atoms with Gasteiger partial charge in [-0.05, 0) is 66.5 Å². The summed E-state index contributed by atoms with van der Waals surface area (Å²) in [6, 6.07) is 12.0. The van der Waals surface area contributed by atoms with E-state index in [1.165, 1.54) is 5.57 Å². The molecule has 144 valence electrons. The molecule has 2 bridgehead atoms. The Morgan fingerprint density at radius 1 is 1.14 bits per heavy atom. The Hall–Kier alpha value is -3.06. The van der Waals surface area contributed by atoms with Gasteiger partial charge in [-0.1, -0.05) is 12.1 Å². The van der Waals surface area contributed by atoms with E-state index in [0.29, 0.717) is 5.69 Å². The number of allylic oxidation sites excluding steroid dienone is 1. The van der Waals surface area contributed by atoms with E-state index in [1.807, 2.05) is 30.3 Å². The number of nitrogen functional groups attached to an aromatic ring is 1. The van der Waals surface area contributed by atoms with E-state index in [2.05, 4.69) is 16.3 Å². The highest BCUT2D eigenvalue weighted by atomic mass is 16.7. The quantitative estimate of drug-likeness (QED) is 0.698. The molecule has 0 saturated carbocycles. The number of nitrogens with zero attached hydrogens (tertiary/aromatic N) is 2. The Balaban J connectivity index is 1.42. The minimum absolute atomic E-state index is 0.184. The van der Waals surface area contributed by atoms with Crippen molar-refractivity contribution in [3.8, 4) is 16.9 Å². The maximum atomic E-state index is 6.44. The average molecular weight is 385 g/mol. The molecule has 0 amide bonds. The molecule has 3 aliphatic rings. The van der Waals surface area contributed by atoms with Crippen LogP contribution in [0.3, 0.4) is 0 Å². The largest absolute Gasteiger partial charge is 0.563 e. The highest BCUT2D eigenvalue weighted by molar-refractivity contribution is 6.62. The van der Waals surface area contributed by atoms with Crippen LogP contribution in [0.2, 0.25) is 0 Å². The average Bonchev–Trinajstić information content (AvgIpc) is 3.38. The van der Waals surface area contributed by atoms with Crippen molar-refractivity contribution in [2.45, 2.75) is 31.3 Å². The third-order valence-corrected chi connectivity index (χ3v) is 6.43. The predicted molar refractivity (Wildman–Crippen MR) is 112 cm³/mol. The van der Waals surface area contributed by atoms with E-state index in [4.69, 9.17) is 19.8 Å². The number of hydrogen-bond donors (Lipinski definition) is 1. The lowest BCUT2D eigenvalue weighted by molar-refractivity contribution is 0.118. The Morgan fingerprint density at radius 3 is 2.79 bits per heavy atom. The van der Waals surface area contributed by atoms with Crippen LogP contribution in [0.1, 0.15) is 25.7 Å². The lowest BCUT2D eigenvalue weighted by atomic mass is 9.77. The summed E-state index contributed by atoms with van der Waals surface area (Å²) in [5.74, 6) is 1.88. The third-order valence-electron chi connectivity index (χ3n) is 6.43. The van der Waals surface area contributed by atoms with E-state index in [9.17, 15) is 0 Å². The number of hydrogen-bond acceptors (Lipinski definition) is 6. The van der Waals surface area contributed by atoms with Gasteiger partial charge in [-0.25, -0.2) is 0 Å². The van der Waals surface area contributed by atoms with Crippen LogP contribution in [0.5, 0.6) is 5.75 Å². The SMILES string of the molecule is COc1ccc(B2OC3=C4CCC3(CC4)O2)cc1-c1ccc2c(N)cnnc2c1. The highest BCUT2D eigenvalue weighted by Gasteiger charge is 2.56. The maximum Gasteiger partial charge on any atom is 0.563 e. The Bertz CT molecular complexity index is 1180. The van der Waals surface area contributed by atoms with Crippen LogP contribution >= 0.6 is 0 Å². The summed E-state index contributed by atoms with van der Waals surface area (Å²) in [6.45, 7) is 0. The first-order valence-electron chi connectivity index (χ1n) is 9.93. The first-order chi connectivity index (χ1) is 14.2. The van der Waals surface area contributed by atoms with Crippen LogP contribution in [0.25, 0.3) is 22.0 Å². The fourth-order valence-electron chi connectivity index (χ4n) is 4.91. The molecule has 0 spiro atoms. The third kappa shape index (κ3) is 2.40. The van der Waals surface area contributed by atoms with Gasteiger partial charge in [0.25, 0.3) is 0 Å². The molecule has 2 N–H and O–H groups in total.